The molecule has 3 aromatic rings. The van der Waals surface area contributed by atoms with Crippen molar-refractivity contribution in [2.75, 3.05) is 19.6 Å². The summed E-state index contributed by atoms with van der Waals surface area (Å²) < 4.78 is 19.9. The Labute approximate surface area is 405 Å². The monoisotopic (exact) mass is 939 g/mol. The van der Waals surface area contributed by atoms with E-state index < -0.39 is 99.9 Å². The fourth-order valence-electron chi connectivity index (χ4n) is 7.18. The van der Waals surface area contributed by atoms with E-state index in [9.17, 15) is 53.1 Å². The summed E-state index contributed by atoms with van der Waals surface area (Å²) in [7, 11) is 0. The van der Waals surface area contributed by atoms with Crippen molar-refractivity contribution in [2.24, 2.45) is 0 Å². The van der Waals surface area contributed by atoms with Crippen LogP contribution in [0.25, 0.3) is 0 Å². The number of carbonyl (C=O) groups excluding carboxylic acids is 10. The van der Waals surface area contributed by atoms with Crippen LogP contribution < -0.4 is 69.6 Å². The van der Waals surface area contributed by atoms with Gasteiger partial charge in [-0.15, -0.1) is 11.8 Å². The molecule has 0 spiro atoms. The van der Waals surface area contributed by atoms with E-state index in [1.807, 2.05) is 0 Å². The minimum atomic E-state index is -1.43. The molecule has 0 aliphatic carbocycles. The number of nitrogens with zero attached hydrogens (tertiary/aromatic N) is 2. The molecule has 0 aromatic heterocycles. The predicted octanol–water partition coefficient (Wildman–Crippen LogP) is -1.80. The zero-order chi connectivity index (χ0) is 47.7. The Balaban J connectivity index is 0.00000952. The molecule has 5 amide bonds. The van der Waals surface area contributed by atoms with Crippen LogP contribution in [-0.2, 0) is 38.4 Å². The molecule has 2 saturated heterocycles. The number of amides is 5. The predicted molar refractivity (Wildman–Crippen MR) is 226 cm³/mol. The molecule has 2 aliphatic rings. The number of esters is 4. The van der Waals surface area contributed by atoms with Crippen molar-refractivity contribution in [3.05, 3.63) is 83.4 Å². The van der Waals surface area contributed by atoms with Gasteiger partial charge in [0.2, 0.25) is 17.7 Å². The number of para-hydroxylation sites is 2. The number of benzene rings is 3. The van der Waals surface area contributed by atoms with Crippen molar-refractivity contribution in [3.63, 3.8) is 0 Å². The Morgan fingerprint density at radius 3 is 1.85 bits per heavy atom. The van der Waals surface area contributed by atoms with E-state index in [1.165, 1.54) is 48.2 Å². The van der Waals surface area contributed by atoms with Gasteiger partial charge < -0.3 is 54.6 Å². The molecule has 22 heteroatoms. The van der Waals surface area contributed by atoms with Crippen LogP contribution in [0.1, 0.15) is 86.7 Å². The van der Waals surface area contributed by atoms with Gasteiger partial charge in [0.05, 0.1) is 29.7 Å². The number of unbranched alkanes of at least 4 members (excludes halogenated alkanes) is 1. The van der Waals surface area contributed by atoms with Crippen molar-refractivity contribution in [1.82, 2.24) is 25.8 Å². The minimum absolute atomic E-state index is 0. The molecule has 2 heterocycles. The number of β-lactam (4-membered cyclic amide) rings is 1. The molecule has 4 atom stereocenters. The van der Waals surface area contributed by atoms with Gasteiger partial charge in [-0.3, -0.25) is 43.2 Å². The minimum Gasteiger partial charge on any atom is -0.548 e. The molecule has 3 aromatic carbocycles. The van der Waals surface area contributed by atoms with Gasteiger partial charge in [0, 0.05) is 45.5 Å². The van der Waals surface area contributed by atoms with Gasteiger partial charge >= 0.3 is 53.4 Å². The van der Waals surface area contributed by atoms with Crippen molar-refractivity contribution in [1.29, 1.82) is 0 Å². The number of ether oxygens (including phenoxy) is 4. The first-order valence-electron chi connectivity index (χ1n) is 20.1. The molecule has 0 radical (unpaired) electrons. The van der Waals surface area contributed by atoms with Crippen molar-refractivity contribution in [2.45, 2.75) is 82.6 Å². The van der Waals surface area contributed by atoms with Crippen LogP contribution in [0.3, 0.4) is 0 Å². The summed E-state index contributed by atoms with van der Waals surface area (Å²) in [6.45, 7) is 6.85. The summed E-state index contributed by atoms with van der Waals surface area (Å²) >= 11 is 1.19. The topological polar surface area (TPSA) is 273 Å². The largest absolute Gasteiger partial charge is 1.00 e. The summed E-state index contributed by atoms with van der Waals surface area (Å²) in [5.74, 6) is -9.46. The first-order chi connectivity index (χ1) is 30.7. The first-order valence-corrected chi connectivity index (χ1v) is 21.0. The van der Waals surface area contributed by atoms with Gasteiger partial charge in [-0.1, -0.05) is 42.5 Å². The Morgan fingerprint density at radius 2 is 1.30 bits per heavy atom. The van der Waals surface area contributed by atoms with Gasteiger partial charge in [-0.25, -0.2) is 0 Å². The third-order valence-electron chi connectivity index (χ3n) is 9.86. The summed E-state index contributed by atoms with van der Waals surface area (Å²) in [5.41, 5.74) is -0.0613. The normalized spacial score (nSPS) is 17.0. The summed E-state index contributed by atoms with van der Waals surface area (Å²) in [6.07, 6.45) is 0.339. The van der Waals surface area contributed by atoms with E-state index in [0.29, 0.717) is 5.56 Å². The van der Waals surface area contributed by atoms with Crippen LogP contribution in [0.4, 0.5) is 0 Å². The number of thioether (sulfide) groups is 1. The quantitative estimate of drug-likeness (QED) is 0.0417. The van der Waals surface area contributed by atoms with Crippen LogP contribution in [0.5, 0.6) is 23.0 Å². The number of nitrogens with one attached hydrogen (secondary N) is 3. The van der Waals surface area contributed by atoms with E-state index >= 15 is 0 Å². The van der Waals surface area contributed by atoms with Gasteiger partial charge in [-0.05, 0) is 56.5 Å². The smallest absolute Gasteiger partial charge is 0.548 e. The maximum atomic E-state index is 14.4. The molecular formula is C44H46N5NaO15S. The number of carboxylic acids is 1. The van der Waals surface area contributed by atoms with E-state index in [1.54, 1.807) is 44.2 Å². The summed E-state index contributed by atoms with van der Waals surface area (Å²) in [5, 5.41) is 19.2. The second-order valence-electron chi connectivity index (χ2n) is 15.3. The summed E-state index contributed by atoms with van der Waals surface area (Å²) in [6, 6.07) is 12.3. The molecule has 3 N–H and O–H groups in total. The van der Waals surface area contributed by atoms with Crippen LogP contribution in [-0.4, -0.2) is 111 Å². The average Bonchev–Trinajstić information content (AvgIpc) is 3.49. The fourth-order valence-corrected chi connectivity index (χ4v) is 8.80. The summed E-state index contributed by atoms with van der Waals surface area (Å²) in [4.78, 5) is 131. The third-order valence-corrected chi connectivity index (χ3v) is 11.4. The zero-order valence-corrected chi connectivity index (χ0v) is 39.9. The molecule has 5 rings (SSSR count). The zero-order valence-electron chi connectivity index (χ0n) is 37.1. The van der Waals surface area contributed by atoms with Crippen LogP contribution in [0.15, 0.2) is 66.7 Å². The first kappa shape index (κ1) is 52.3. The van der Waals surface area contributed by atoms with E-state index in [0.717, 1.165) is 37.5 Å². The van der Waals surface area contributed by atoms with Gasteiger partial charge in [0.15, 0.2) is 23.0 Å². The van der Waals surface area contributed by atoms with Crippen LogP contribution >= 0.6 is 11.8 Å². The van der Waals surface area contributed by atoms with E-state index in [4.69, 9.17) is 18.9 Å². The Morgan fingerprint density at radius 1 is 0.758 bits per heavy atom. The van der Waals surface area contributed by atoms with Gasteiger partial charge in [-0.2, -0.15) is 0 Å². The number of hydrogen-bond acceptors (Lipinski definition) is 16. The van der Waals surface area contributed by atoms with Crippen molar-refractivity contribution < 1.29 is 102 Å². The van der Waals surface area contributed by atoms with E-state index in [-0.39, 0.29) is 83.9 Å². The third kappa shape index (κ3) is 12.7. The van der Waals surface area contributed by atoms with E-state index in [2.05, 4.69) is 16.0 Å². The van der Waals surface area contributed by atoms with Crippen molar-refractivity contribution >= 4 is 71.1 Å². The molecule has 66 heavy (non-hydrogen) atoms. The van der Waals surface area contributed by atoms with Gasteiger partial charge in [0.25, 0.3) is 11.8 Å². The maximum absolute atomic E-state index is 14.4. The Hall–Kier alpha value is -6.29. The number of carbonyl (C=O) groups is 10. The fraction of sp³-hybridized carbons (Fsp3) is 0.364. The Bertz CT molecular complexity index is 2420. The molecule has 344 valence electrons. The number of fused-ring (bicyclic) bond motifs is 1. The maximum Gasteiger partial charge on any atom is 1.00 e. The second kappa shape index (κ2) is 22.7. The second-order valence-corrected chi connectivity index (χ2v) is 17.1. The SMILES string of the molecule is CC(=O)Oc1cccc(C(=O)NCCCCN(CC(=O)N[C@@H](C(=O)N[C@@H]2C(=O)N3C2SC(C)(C)C3C(=O)[O-])c2ccccc2)C(=O)c2cccc(OC(C)=O)c2OC(C)=O)c1OC(C)=O.[Na+]. The Kier molecular flexibility index (Phi) is 18.0. The van der Waals surface area contributed by atoms with Crippen LogP contribution in [0.2, 0.25) is 0 Å². The van der Waals surface area contributed by atoms with Crippen LogP contribution in [0, 0.1) is 0 Å². The molecule has 0 bridgehead atoms. The van der Waals surface area contributed by atoms with Crippen molar-refractivity contribution in [3.8, 4) is 23.0 Å². The number of hydrogen-bond donors (Lipinski definition) is 3. The van der Waals surface area contributed by atoms with Gasteiger partial charge in [0.1, 0.15) is 17.5 Å². The molecule has 20 nitrogen and oxygen atoms in total. The number of aliphatic carboxylic acids is 1. The molecule has 0 saturated carbocycles. The average molecular weight is 940 g/mol. The standard InChI is InChI=1S/C44H47N5O15S.Na/c1-23(50)61-30-18-12-16-28(35(30)63-25(3)52)38(55)45-20-10-11-21-48(40(57)29-17-13-19-31(62-24(2)51)36(29)64-26(4)53)22-32(54)46-33(27-14-8-7-9-15-27)39(56)47-34-41(58)49-37(43(59)60)44(5,6)65-42(34)49;/h7-9,12-19,33-34,37,42H,10-11,20-22H2,1-6H3,(H,45,55)(H,46,54)(H,47,56)(H,59,60);/q;+1/p-1/t33-,34-,37?,42?;/m1./s1. The molecular weight excluding hydrogens is 894 g/mol. The molecule has 2 unspecified atom stereocenters. The molecule has 2 fully saturated rings. The number of carboxylic acid groups (broad SMARTS) is 1. The number of rotatable bonds is 18. The molecule has 2 aliphatic heterocycles.